The molecule has 3 rings (SSSR count). The Bertz CT molecular complexity index is 545. The Balaban J connectivity index is 1.55. The third kappa shape index (κ3) is 6.99. The van der Waals surface area contributed by atoms with Crippen LogP contribution in [0.4, 0.5) is 13.2 Å². The van der Waals surface area contributed by atoms with Crippen molar-refractivity contribution in [3.8, 4) is 0 Å². The first-order valence-corrected chi connectivity index (χ1v) is 11.5. The van der Waals surface area contributed by atoms with E-state index in [9.17, 15) is 13.2 Å². The van der Waals surface area contributed by atoms with Gasteiger partial charge in [0.1, 0.15) is 0 Å². The Morgan fingerprint density at radius 2 is 1.83 bits per heavy atom. The van der Waals surface area contributed by atoms with Gasteiger partial charge < -0.3 is 15.4 Å². The molecule has 0 aromatic heterocycles. The summed E-state index contributed by atoms with van der Waals surface area (Å²) < 4.78 is 43.4. The SMILES string of the molecule is CCNC(=NCC1(N2CCOCC2)CCCCC1)NCC1CCN(CC(F)(F)F)C1. The van der Waals surface area contributed by atoms with E-state index in [1.165, 1.54) is 37.0 Å². The number of alkyl halides is 3. The number of nitrogens with zero attached hydrogens (tertiary/aromatic N) is 3. The Labute approximate surface area is 178 Å². The van der Waals surface area contributed by atoms with Gasteiger partial charge in [-0.2, -0.15) is 13.2 Å². The van der Waals surface area contributed by atoms with Gasteiger partial charge in [-0.1, -0.05) is 19.3 Å². The van der Waals surface area contributed by atoms with Crippen LogP contribution in [-0.4, -0.2) is 93.0 Å². The predicted octanol–water partition coefficient (Wildman–Crippen LogP) is 2.46. The summed E-state index contributed by atoms with van der Waals surface area (Å²) in [5.41, 5.74) is 0.112. The summed E-state index contributed by atoms with van der Waals surface area (Å²) >= 11 is 0. The quantitative estimate of drug-likeness (QED) is 0.477. The van der Waals surface area contributed by atoms with Crippen molar-refractivity contribution in [3.05, 3.63) is 0 Å². The van der Waals surface area contributed by atoms with Crippen molar-refractivity contribution in [1.29, 1.82) is 0 Å². The number of hydrogen-bond acceptors (Lipinski definition) is 4. The van der Waals surface area contributed by atoms with E-state index in [0.717, 1.165) is 51.8 Å². The van der Waals surface area contributed by atoms with Crippen LogP contribution in [0.25, 0.3) is 0 Å². The highest BCUT2D eigenvalue weighted by atomic mass is 19.4. The molecule has 2 aliphatic heterocycles. The van der Waals surface area contributed by atoms with Crippen LogP contribution in [0.15, 0.2) is 4.99 Å². The molecule has 0 spiro atoms. The van der Waals surface area contributed by atoms with E-state index in [2.05, 4.69) is 15.5 Å². The lowest BCUT2D eigenvalue weighted by Crippen LogP contribution is -2.56. The largest absolute Gasteiger partial charge is 0.401 e. The van der Waals surface area contributed by atoms with E-state index in [-0.39, 0.29) is 11.5 Å². The number of guanidine groups is 1. The van der Waals surface area contributed by atoms with Crippen molar-refractivity contribution in [2.75, 3.05) is 65.6 Å². The summed E-state index contributed by atoms with van der Waals surface area (Å²) in [4.78, 5) is 9.03. The lowest BCUT2D eigenvalue weighted by Gasteiger charge is -2.47. The molecule has 174 valence electrons. The summed E-state index contributed by atoms with van der Waals surface area (Å²) in [6.07, 6.45) is 2.80. The van der Waals surface area contributed by atoms with Crippen LogP contribution in [0.5, 0.6) is 0 Å². The van der Waals surface area contributed by atoms with Crippen LogP contribution in [0.1, 0.15) is 45.4 Å². The number of ether oxygens (including phenoxy) is 1. The molecule has 2 N–H and O–H groups in total. The number of nitrogens with one attached hydrogen (secondary N) is 2. The van der Waals surface area contributed by atoms with E-state index in [0.29, 0.717) is 19.6 Å². The molecule has 6 nitrogen and oxygen atoms in total. The van der Waals surface area contributed by atoms with Crippen molar-refractivity contribution >= 4 is 5.96 Å². The first-order chi connectivity index (χ1) is 14.4. The fourth-order valence-corrected chi connectivity index (χ4v) is 5.11. The summed E-state index contributed by atoms with van der Waals surface area (Å²) in [5, 5.41) is 6.71. The molecule has 1 unspecified atom stereocenters. The van der Waals surface area contributed by atoms with Crippen molar-refractivity contribution in [2.24, 2.45) is 10.9 Å². The van der Waals surface area contributed by atoms with Gasteiger partial charge in [0, 0.05) is 38.3 Å². The predicted molar refractivity (Wildman–Crippen MR) is 113 cm³/mol. The van der Waals surface area contributed by atoms with E-state index >= 15 is 0 Å². The topological polar surface area (TPSA) is 52.1 Å². The summed E-state index contributed by atoms with van der Waals surface area (Å²) in [6.45, 7) is 7.94. The summed E-state index contributed by atoms with van der Waals surface area (Å²) in [5.74, 6) is 1.00. The van der Waals surface area contributed by atoms with Crippen LogP contribution in [-0.2, 0) is 4.74 Å². The number of morpholine rings is 1. The molecule has 30 heavy (non-hydrogen) atoms. The van der Waals surface area contributed by atoms with E-state index < -0.39 is 12.7 Å². The fourth-order valence-electron chi connectivity index (χ4n) is 5.11. The zero-order chi connectivity index (χ0) is 21.5. The molecule has 3 fully saturated rings. The first kappa shape index (κ1) is 23.6. The summed E-state index contributed by atoms with van der Waals surface area (Å²) in [7, 11) is 0. The van der Waals surface area contributed by atoms with Crippen molar-refractivity contribution in [3.63, 3.8) is 0 Å². The number of aliphatic imine (C=N–C) groups is 1. The Kier molecular flexibility index (Phi) is 8.65. The molecule has 0 aromatic rings. The molecule has 0 bridgehead atoms. The minimum atomic E-state index is -4.12. The molecule has 0 radical (unpaired) electrons. The van der Waals surface area contributed by atoms with Gasteiger partial charge in [-0.3, -0.25) is 14.8 Å². The van der Waals surface area contributed by atoms with Gasteiger partial charge in [0.25, 0.3) is 0 Å². The van der Waals surface area contributed by atoms with Gasteiger partial charge in [0.15, 0.2) is 5.96 Å². The highest BCUT2D eigenvalue weighted by Gasteiger charge is 2.38. The second kappa shape index (κ2) is 11.0. The zero-order valence-corrected chi connectivity index (χ0v) is 18.3. The van der Waals surface area contributed by atoms with Crippen LogP contribution >= 0.6 is 0 Å². The molecule has 0 aromatic carbocycles. The van der Waals surface area contributed by atoms with Crippen LogP contribution in [0.3, 0.4) is 0 Å². The van der Waals surface area contributed by atoms with E-state index in [4.69, 9.17) is 9.73 Å². The zero-order valence-electron chi connectivity index (χ0n) is 18.3. The maximum absolute atomic E-state index is 12.6. The van der Waals surface area contributed by atoms with Gasteiger partial charge >= 0.3 is 6.18 Å². The lowest BCUT2D eigenvalue weighted by molar-refractivity contribution is -0.143. The van der Waals surface area contributed by atoms with Crippen molar-refractivity contribution in [2.45, 2.75) is 57.2 Å². The number of halogens is 3. The molecule has 9 heteroatoms. The maximum atomic E-state index is 12.6. The van der Waals surface area contributed by atoms with Crippen molar-refractivity contribution < 1.29 is 17.9 Å². The standard InChI is InChI=1S/C21H38F3N5O/c1-2-25-19(26-14-18-6-9-28(15-18)17-21(22,23)24)27-16-20(7-4-3-5-8-20)29-10-12-30-13-11-29/h18H,2-17H2,1H3,(H2,25,26,27). The van der Waals surface area contributed by atoms with Gasteiger partial charge in [0.2, 0.25) is 0 Å². The monoisotopic (exact) mass is 433 g/mol. The molecule has 1 aliphatic carbocycles. The maximum Gasteiger partial charge on any atom is 0.401 e. The molecule has 1 saturated carbocycles. The van der Waals surface area contributed by atoms with Gasteiger partial charge in [-0.15, -0.1) is 0 Å². The number of likely N-dealkylation sites (tertiary alicyclic amines) is 1. The third-order valence-electron chi connectivity index (χ3n) is 6.67. The van der Waals surface area contributed by atoms with Crippen LogP contribution in [0.2, 0.25) is 0 Å². The number of hydrogen-bond donors (Lipinski definition) is 2. The van der Waals surface area contributed by atoms with Gasteiger partial charge in [0.05, 0.1) is 26.3 Å². The highest BCUT2D eigenvalue weighted by molar-refractivity contribution is 5.79. The minimum Gasteiger partial charge on any atom is -0.379 e. The average molecular weight is 434 g/mol. The normalized spacial score (nSPS) is 26.7. The van der Waals surface area contributed by atoms with E-state index in [1.807, 2.05) is 6.92 Å². The minimum absolute atomic E-state index is 0.112. The molecule has 0 amide bonds. The molecule has 2 heterocycles. The molecular formula is C21H38F3N5O. The first-order valence-electron chi connectivity index (χ1n) is 11.5. The molecule has 1 atom stereocenters. The highest BCUT2D eigenvalue weighted by Crippen LogP contribution is 2.34. The summed E-state index contributed by atoms with van der Waals surface area (Å²) in [6, 6.07) is 0. The van der Waals surface area contributed by atoms with Crippen LogP contribution in [0, 0.1) is 5.92 Å². The van der Waals surface area contributed by atoms with Crippen LogP contribution < -0.4 is 10.6 Å². The Morgan fingerprint density at radius 1 is 1.10 bits per heavy atom. The molecular weight excluding hydrogens is 395 g/mol. The average Bonchev–Trinajstić information content (AvgIpc) is 3.17. The van der Waals surface area contributed by atoms with Crippen molar-refractivity contribution in [1.82, 2.24) is 20.4 Å². The lowest BCUT2D eigenvalue weighted by atomic mass is 9.80. The van der Waals surface area contributed by atoms with Gasteiger partial charge in [-0.05, 0) is 38.6 Å². The Morgan fingerprint density at radius 3 is 2.50 bits per heavy atom. The van der Waals surface area contributed by atoms with E-state index in [1.54, 1.807) is 0 Å². The molecule has 3 aliphatic rings. The van der Waals surface area contributed by atoms with Gasteiger partial charge in [-0.25, -0.2) is 0 Å². The smallest absolute Gasteiger partial charge is 0.379 e. The second-order valence-corrected chi connectivity index (χ2v) is 8.97. The molecule has 2 saturated heterocycles. The number of rotatable bonds is 7. The second-order valence-electron chi connectivity index (χ2n) is 8.97. The third-order valence-corrected chi connectivity index (χ3v) is 6.67. The fraction of sp³-hybridized carbons (Fsp3) is 0.952. The Hall–Kier alpha value is -1.06.